The second kappa shape index (κ2) is 6.27. The molecule has 0 unspecified atom stereocenters. The number of aromatic nitrogens is 1. The van der Waals surface area contributed by atoms with Crippen LogP contribution in [0, 0.1) is 13.8 Å². The van der Waals surface area contributed by atoms with Gasteiger partial charge in [0.05, 0.1) is 0 Å². The predicted molar refractivity (Wildman–Crippen MR) is 88.2 cm³/mol. The van der Waals surface area contributed by atoms with Gasteiger partial charge in [-0.2, -0.15) is 0 Å². The first-order chi connectivity index (χ1) is 9.54. The molecule has 0 fully saturated rings. The third kappa shape index (κ3) is 2.96. The number of rotatable bonds is 6. The number of hydrogen-bond acceptors (Lipinski definition) is 1. The van der Waals surface area contributed by atoms with Crippen LogP contribution in [0.15, 0.2) is 30.4 Å². The molecule has 20 heavy (non-hydrogen) atoms. The molecule has 1 heterocycles. The maximum absolute atomic E-state index is 4.01. The van der Waals surface area contributed by atoms with Crippen LogP contribution in [0.1, 0.15) is 37.1 Å². The van der Waals surface area contributed by atoms with Gasteiger partial charge in [0, 0.05) is 29.7 Å². The molecule has 0 bridgehead atoms. The van der Waals surface area contributed by atoms with Gasteiger partial charge in [-0.3, -0.25) is 0 Å². The van der Waals surface area contributed by atoms with Crippen LogP contribution in [0.2, 0.25) is 0 Å². The van der Waals surface area contributed by atoms with Gasteiger partial charge in [-0.15, -0.1) is 6.58 Å². The molecule has 0 saturated carbocycles. The Kier molecular flexibility index (Phi) is 4.66. The monoisotopic (exact) mass is 270 g/mol. The molecule has 0 aliphatic carbocycles. The Labute approximate surface area is 122 Å². The van der Waals surface area contributed by atoms with Crippen molar-refractivity contribution in [2.45, 2.75) is 47.2 Å². The van der Waals surface area contributed by atoms with Crippen molar-refractivity contribution < 1.29 is 0 Å². The minimum Gasteiger partial charge on any atom is -0.344 e. The zero-order valence-corrected chi connectivity index (χ0v) is 13.2. The molecular weight excluding hydrogens is 244 g/mol. The van der Waals surface area contributed by atoms with E-state index in [-0.39, 0.29) is 0 Å². The Bertz CT molecular complexity index is 620. The molecule has 0 atom stereocenters. The molecule has 2 heteroatoms. The molecule has 2 nitrogen and oxygen atoms in total. The number of nitrogens with one attached hydrogen (secondary N) is 1. The fourth-order valence-electron chi connectivity index (χ4n) is 2.67. The van der Waals surface area contributed by atoms with E-state index in [0.717, 1.165) is 26.1 Å². The van der Waals surface area contributed by atoms with Gasteiger partial charge >= 0.3 is 0 Å². The van der Waals surface area contributed by atoms with Gasteiger partial charge in [-0.1, -0.05) is 18.6 Å². The second-order valence-electron chi connectivity index (χ2n) is 5.70. The lowest BCUT2D eigenvalue weighted by molar-refractivity contribution is 0.697. The maximum atomic E-state index is 4.01. The Morgan fingerprint density at radius 1 is 1.30 bits per heavy atom. The summed E-state index contributed by atoms with van der Waals surface area (Å²) < 4.78 is 2.43. The summed E-state index contributed by atoms with van der Waals surface area (Å²) in [6.45, 7) is 15.7. The summed E-state index contributed by atoms with van der Waals surface area (Å²) in [7, 11) is 0. The molecule has 108 valence electrons. The molecule has 0 spiro atoms. The van der Waals surface area contributed by atoms with Crippen molar-refractivity contribution in [2.24, 2.45) is 0 Å². The highest BCUT2D eigenvalue weighted by molar-refractivity contribution is 5.86. The minimum absolute atomic E-state index is 0.946. The summed E-state index contributed by atoms with van der Waals surface area (Å²) in [5, 5.41) is 4.78. The van der Waals surface area contributed by atoms with Crippen molar-refractivity contribution >= 4 is 10.9 Å². The number of allylic oxidation sites excluding steroid dienone is 1. The first-order valence-corrected chi connectivity index (χ1v) is 7.48. The fourth-order valence-corrected chi connectivity index (χ4v) is 2.67. The summed E-state index contributed by atoms with van der Waals surface area (Å²) in [4.78, 5) is 0. The highest BCUT2D eigenvalue weighted by Crippen LogP contribution is 2.27. The Hall–Kier alpha value is -1.54. The van der Waals surface area contributed by atoms with Gasteiger partial charge < -0.3 is 9.88 Å². The minimum atomic E-state index is 0.946. The van der Waals surface area contributed by atoms with Crippen LogP contribution in [-0.4, -0.2) is 11.1 Å². The molecule has 1 N–H and O–H groups in total. The molecule has 0 aliphatic heterocycles. The third-order valence-corrected chi connectivity index (χ3v) is 4.04. The summed E-state index contributed by atoms with van der Waals surface area (Å²) >= 11 is 0. The van der Waals surface area contributed by atoms with E-state index in [1.54, 1.807) is 0 Å². The van der Waals surface area contributed by atoms with E-state index in [0.29, 0.717) is 0 Å². The van der Waals surface area contributed by atoms with Crippen molar-refractivity contribution in [3.8, 4) is 0 Å². The van der Waals surface area contributed by atoms with Crippen molar-refractivity contribution in [1.29, 1.82) is 0 Å². The van der Waals surface area contributed by atoms with Crippen LogP contribution in [0.4, 0.5) is 0 Å². The first-order valence-electron chi connectivity index (χ1n) is 7.48. The van der Waals surface area contributed by atoms with Crippen LogP contribution < -0.4 is 5.32 Å². The van der Waals surface area contributed by atoms with Crippen molar-refractivity contribution in [1.82, 2.24) is 9.88 Å². The molecule has 1 aromatic carbocycles. The Morgan fingerprint density at radius 2 is 2.05 bits per heavy atom. The van der Waals surface area contributed by atoms with E-state index in [9.17, 15) is 0 Å². The summed E-state index contributed by atoms with van der Waals surface area (Å²) in [6, 6.07) is 6.83. The van der Waals surface area contributed by atoms with Gasteiger partial charge in [-0.05, 0) is 57.0 Å². The first kappa shape index (κ1) is 14.9. The summed E-state index contributed by atoms with van der Waals surface area (Å²) in [5.41, 5.74) is 6.73. The summed E-state index contributed by atoms with van der Waals surface area (Å²) in [5.74, 6) is 0. The lowest BCUT2D eigenvalue weighted by atomic mass is 10.1. The molecule has 0 saturated heterocycles. The van der Waals surface area contributed by atoms with Gasteiger partial charge in [0.1, 0.15) is 0 Å². The van der Waals surface area contributed by atoms with Crippen molar-refractivity contribution in [2.75, 3.05) is 6.54 Å². The topological polar surface area (TPSA) is 17.0 Å². The lowest BCUT2D eigenvalue weighted by Crippen LogP contribution is -2.11. The molecule has 2 rings (SSSR count). The van der Waals surface area contributed by atoms with E-state index in [1.807, 2.05) is 0 Å². The van der Waals surface area contributed by atoms with E-state index in [1.165, 1.54) is 33.3 Å². The van der Waals surface area contributed by atoms with Crippen LogP contribution in [0.3, 0.4) is 0 Å². The maximum Gasteiger partial charge on any atom is 0.0485 e. The predicted octanol–water partition coefficient (Wildman–Crippen LogP) is 4.33. The smallest absolute Gasteiger partial charge is 0.0485 e. The fraction of sp³-hybridized carbons (Fsp3) is 0.444. The standard InChI is InChI=1S/C18H26N2/c1-6-19-12-16-7-8-18-17(11-16)14(4)15(5)20(18)10-9-13(2)3/h7-8,11,19H,2,6,9-10,12H2,1,3-5H3. The molecule has 0 amide bonds. The third-order valence-electron chi connectivity index (χ3n) is 4.04. The molecule has 0 radical (unpaired) electrons. The van der Waals surface area contributed by atoms with Crippen molar-refractivity contribution in [3.05, 3.63) is 47.2 Å². The second-order valence-corrected chi connectivity index (χ2v) is 5.70. The van der Waals surface area contributed by atoms with E-state index < -0.39 is 0 Å². The SMILES string of the molecule is C=C(C)CCn1c(C)c(C)c2cc(CNCC)ccc21. The van der Waals surface area contributed by atoms with E-state index in [2.05, 4.69) is 62.4 Å². The zero-order chi connectivity index (χ0) is 14.7. The highest BCUT2D eigenvalue weighted by Gasteiger charge is 2.11. The number of nitrogens with zero attached hydrogens (tertiary/aromatic N) is 1. The van der Waals surface area contributed by atoms with Gasteiger partial charge in [0.2, 0.25) is 0 Å². The lowest BCUT2D eigenvalue weighted by Gasteiger charge is -2.09. The van der Waals surface area contributed by atoms with E-state index in [4.69, 9.17) is 0 Å². The highest BCUT2D eigenvalue weighted by atomic mass is 15.0. The quantitative estimate of drug-likeness (QED) is 0.773. The Morgan fingerprint density at radius 3 is 2.70 bits per heavy atom. The van der Waals surface area contributed by atoms with Gasteiger partial charge in [0.25, 0.3) is 0 Å². The van der Waals surface area contributed by atoms with Crippen molar-refractivity contribution in [3.63, 3.8) is 0 Å². The molecule has 2 aromatic rings. The molecule has 0 aliphatic rings. The van der Waals surface area contributed by atoms with Gasteiger partial charge in [0.15, 0.2) is 0 Å². The zero-order valence-electron chi connectivity index (χ0n) is 13.2. The normalized spacial score (nSPS) is 11.2. The van der Waals surface area contributed by atoms with Crippen LogP contribution in [-0.2, 0) is 13.1 Å². The van der Waals surface area contributed by atoms with Crippen LogP contribution in [0.25, 0.3) is 10.9 Å². The number of hydrogen-bond donors (Lipinski definition) is 1. The molecular formula is C18H26N2. The van der Waals surface area contributed by atoms with Crippen LogP contribution in [0.5, 0.6) is 0 Å². The Balaban J connectivity index is 2.39. The number of fused-ring (bicyclic) bond motifs is 1. The van der Waals surface area contributed by atoms with E-state index >= 15 is 0 Å². The number of aryl methyl sites for hydroxylation is 2. The molecule has 1 aromatic heterocycles. The largest absolute Gasteiger partial charge is 0.344 e. The van der Waals surface area contributed by atoms with Gasteiger partial charge in [-0.25, -0.2) is 0 Å². The number of benzene rings is 1. The average molecular weight is 270 g/mol. The van der Waals surface area contributed by atoms with Crippen LogP contribution >= 0.6 is 0 Å². The summed E-state index contributed by atoms with van der Waals surface area (Å²) in [6.07, 6.45) is 1.04. The average Bonchev–Trinajstić information content (AvgIpc) is 2.66.